The summed E-state index contributed by atoms with van der Waals surface area (Å²) in [6, 6.07) is 7.16. The second-order valence-electron chi connectivity index (χ2n) is 4.29. The van der Waals surface area contributed by atoms with Crippen LogP contribution in [0.2, 0.25) is 0 Å². The number of carbonyl (C=O) groups excluding carboxylic acids is 1. The highest BCUT2D eigenvalue weighted by atomic mass is 16.4. The van der Waals surface area contributed by atoms with Crippen LogP contribution in [0.4, 0.5) is 0 Å². The van der Waals surface area contributed by atoms with Gasteiger partial charge >= 0.3 is 5.97 Å². The predicted molar refractivity (Wildman–Crippen MR) is 61.6 cm³/mol. The van der Waals surface area contributed by atoms with Crippen molar-refractivity contribution in [2.75, 3.05) is 0 Å². The molecule has 0 fully saturated rings. The van der Waals surface area contributed by atoms with E-state index in [1.165, 1.54) is 5.56 Å². The van der Waals surface area contributed by atoms with Crippen molar-refractivity contribution in [3.8, 4) is 0 Å². The Morgan fingerprint density at radius 3 is 2.19 bits per heavy atom. The lowest BCUT2D eigenvalue weighted by molar-refractivity contribution is -0.135. The Morgan fingerprint density at radius 2 is 1.75 bits per heavy atom. The molecule has 0 aliphatic heterocycles. The molecule has 3 heteroatoms. The molecular weight excluding hydrogens is 204 g/mol. The smallest absolute Gasteiger partial charge is 0.311 e. The van der Waals surface area contributed by atoms with Crippen molar-refractivity contribution in [3.05, 3.63) is 35.4 Å². The van der Waals surface area contributed by atoms with Gasteiger partial charge in [0.15, 0.2) is 5.78 Å². The van der Waals surface area contributed by atoms with Gasteiger partial charge in [0.1, 0.15) is 6.42 Å². The summed E-state index contributed by atoms with van der Waals surface area (Å²) < 4.78 is 0. The molecule has 0 aromatic heterocycles. The van der Waals surface area contributed by atoms with Gasteiger partial charge in [-0.1, -0.05) is 38.1 Å². The van der Waals surface area contributed by atoms with E-state index >= 15 is 0 Å². The maximum atomic E-state index is 11.4. The van der Waals surface area contributed by atoms with Crippen LogP contribution < -0.4 is 0 Å². The minimum Gasteiger partial charge on any atom is -0.481 e. The summed E-state index contributed by atoms with van der Waals surface area (Å²) in [6.45, 7) is 4.26. The van der Waals surface area contributed by atoms with Crippen LogP contribution in [-0.4, -0.2) is 16.9 Å². The molecule has 0 aliphatic carbocycles. The van der Waals surface area contributed by atoms with Gasteiger partial charge in [-0.2, -0.15) is 0 Å². The third kappa shape index (κ3) is 3.85. The molecule has 1 rings (SSSR count). The number of rotatable bonds is 5. The van der Waals surface area contributed by atoms with Crippen molar-refractivity contribution in [1.82, 2.24) is 0 Å². The molecule has 1 N–H and O–H groups in total. The zero-order chi connectivity index (χ0) is 12.1. The summed E-state index contributed by atoms with van der Waals surface area (Å²) in [5.74, 6) is -0.861. The van der Waals surface area contributed by atoms with Crippen LogP contribution in [0.5, 0.6) is 0 Å². The van der Waals surface area contributed by atoms with Crippen LogP contribution in [-0.2, 0) is 11.2 Å². The molecule has 0 heterocycles. The molecule has 0 bridgehead atoms. The lowest BCUT2D eigenvalue weighted by Crippen LogP contribution is -2.07. The fourth-order valence-corrected chi connectivity index (χ4v) is 1.54. The first-order valence-electron chi connectivity index (χ1n) is 5.33. The number of Topliss-reactive ketones (excluding diaryl/α,β-unsaturated/α-hetero) is 1. The van der Waals surface area contributed by atoms with E-state index in [4.69, 9.17) is 5.11 Å². The van der Waals surface area contributed by atoms with Gasteiger partial charge in [-0.3, -0.25) is 9.59 Å². The molecule has 0 spiro atoms. The summed E-state index contributed by atoms with van der Waals surface area (Å²) in [6.07, 6.45) is 0.525. The van der Waals surface area contributed by atoms with Crippen molar-refractivity contribution < 1.29 is 14.7 Å². The van der Waals surface area contributed by atoms with Gasteiger partial charge in [0.25, 0.3) is 0 Å². The van der Waals surface area contributed by atoms with Gasteiger partial charge in [0, 0.05) is 5.56 Å². The minimum atomic E-state index is -1.09. The molecule has 1 aromatic carbocycles. The summed E-state index contributed by atoms with van der Waals surface area (Å²) in [5.41, 5.74) is 1.64. The van der Waals surface area contributed by atoms with Gasteiger partial charge in [-0.05, 0) is 17.9 Å². The molecule has 0 saturated heterocycles. The van der Waals surface area contributed by atoms with Crippen LogP contribution in [0.3, 0.4) is 0 Å². The molecule has 0 radical (unpaired) electrons. The molecule has 1 aromatic rings. The second-order valence-corrected chi connectivity index (χ2v) is 4.29. The van der Waals surface area contributed by atoms with Crippen molar-refractivity contribution in [2.24, 2.45) is 5.92 Å². The Kier molecular flexibility index (Phi) is 4.23. The van der Waals surface area contributed by atoms with E-state index < -0.39 is 12.4 Å². The average Bonchev–Trinajstić information content (AvgIpc) is 2.16. The first-order chi connectivity index (χ1) is 7.49. The van der Waals surface area contributed by atoms with E-state index in [2.05, 4.69) is 13.8 Å². The molecule has 3 nitrogen and oxygen atoms in total. The van der Waals surface area contributed by atoms with E-state index in [0.717, 1.165) is 6.42 Å². The summed E-state index contributed by atoms with van der Waals surface area (Å²) in [7, 11) is 0. The largest absolute Gasteiger partial charge is 0.481 e. The first kappa shape index (κ1) is 12.4. The number of ketones is 1. The standard InChI is InChI=1S/C13H16O3/c1-9(2)7-10-3-5-11(6-4-10)12(14)8-13(15)16/h3-6,9H,7-8H2,1-2H3,(H,15,16). The van der Waals surface area contributed by atoms with Gasteiger partial charge in [-0.15, -0.1) is 0 Å². The maximum Gasteiger partial charge on any atom is 0.311 e. The Balaban J connectivity index is 2.71. The first-order valence-corrected chi connectivity index (χ1v) is 5.33. The average molecular weight is 220 g/mol. The van der Waals surface area contributed by atoms with E-state index in [9.17, 15) is 9.59 Å². The van der Waals surface area contributed by atoms with Gasteiger partial charge in [0.05, 0.1) is 0 Å². The number of carboxylic acids is 1. The maximum absolute atomic E-state index is 11.4. The van der Waals surface area contributed by atoms with Crippen molar-refractivity contribution in [2.45, 2.75) is 26.7 Å². The van der Waals surface area contributed by atoms with Crippen LogP contribution >= 0.6 is 0 Å². The summed E-state index contributed by atoms with van der Waals surface area (Å²) in [4.78, 5) is 21.8. The van der Waals surface area contributed by atoms with Crippen LogP contribution in [0, 0.1) is 5.92 Å². The molecule has 0 unspecified atom stereocenters. The normalized spacial score (nSPS) is 10.4. The lowest BCUT2D eigenvalue weighted by Gasteiger charge is -2.05. The van der Waals surface area contributed by atoms with E-state index in [-0.39, 0.29) is 5.78 Å². The molecule has 0 amide bonds. The third-order valence-corrected chi connectivity index (χ3v) is 2.23. The highest BCUT2D eigenvalue weighted by Gasteiger charge is 2.10. The topological polar surface area (TPSA) is 54.4 Å². The van der Waals surface area contributed by atoms with Crippen LogP contribution in [0.1, 0.15) is 36.2 Å². The zero-order valence-corrected chi connectivity index (χ0v) is 9.56. The van der Waals surface area contributed by atoms with E-state index in [1.807, 2.05) is 12.1 Å². The van der Waals surface area contributed by atoms with Gasteiger partial charge in [0.2, 0.25) is 0 Å². The highest BCUT2D eigenvalue weighted by molar-refractivity contribution is 6.05. The Morgan fingerprint density at radius 1 is 1.19 bits per heavy atom. The monoisotopic (exact) mass is 220 g/mol. The SMILES string of the molecule is CC(C)Cc1ccc(C(=O)CC(=O)O)cc1. The summed E-state index contributed by atoms with van der Waals surface area (Å²) in [5, 5.41) is 8.50. The molecular formula is C13H16O3. The number of hydrogen-bond donors (Lipinski definition) is 1. The zero-order valence-electron chi connectivity index (χ0n) is 9.56. The lowest BCUT2D eigenvalue weighted by atomic mass is 10.00. The fraction of sp³-hybridized carbons (Fsp3) is 0.385. The minimum absolute atomic E-state index is 0.344. The molecule has 16 heavy (non-hydrogen) atoms. The van der Waals surface area contributed by atoms with Gasteiger partial charge < -0.3 is 5.11 Å². The second kappa shape index (κ2) is 5.45. The molecule has 0 aliphatic rings. The fourth-order valence-electron chi connectivity index (χ4n) is 1.54. The van der Waals surface area contributed by atoms with E-state index in [0.29, 0.717) is 11.5 Å². The molecule has 86 valence electrons. The Labute approximate surface area is 95.1 Å². The Hall–Kier alpha value is -1.64. The number of carbonyl (C=O) groups is 2. The highest BCUT2D eigenvalue weighted by Crippen LogP contribution is 2.11. The van der Waals surface area contributed by atoms with Crippen molar-refractivity contribution in [1.29, 1.82) is 0 Å². The predicted octanol–water partition coefficient (Wildman–Crippen LogP) is 2.54. The van der Waals surface area contributed by atoms with E-state index in [1.54, 1.807) is 12.1 Å². The van der Waals surface area contributed by atoms with Crippen LogP contribution in [0.15, 0.2) is 24.3 Å². The quantitative estimate of drug-likeness (QED) is 0.612. The number of aliphatic carboxylic acids is 1. The van der Waals surface area contributed by atoms with Crippen LogP contribution in [0.25, 0.3) is 0 Å². The number of hydrogen-bond acceptors (Lipinski definition) is 2. The van der Waals surface area contributed by atoms with Crippen molar-refractivity contribution >= 4 is 11.8 Å². The molecule has 0 saturated carbocycles. The number of carboxylic acid groups (broad SMARTS) is 1. The summed E-state index contributed by atoms with van der Waals surface area (Å²) >= 11 is 0. The number of benzene rings is 1. The Bertz CT molecular complexity index is 377. The third-order valence-electron chi connectivity index (χ3n) is 2.23. The molecule has 0 atom stereocenters. The van der Waals surface area contributed by atoms with Gasteiger partial charge in [-0.25, -0.2) is 0 Å². The van der Waals surface area contributed by atoms with Crippen molar-refractivity contribution in [3.63, 3.8) is 0 Å².